The lowest BCUT2D eigenvalue weighted by molar-refractivity contribution is 0.225. The van der Waals surface area contributed by atoms with Gasteiger partial charge in [-0.3, -0.25) is 9.69 Å². The summed E-state index contributed by atoms with van der Waals surface area (Å²) in [5.74, 6) is 0. The molecule has 1 aromatic heterocycles. The molecule has 2 heterocycles. The Balaban J connectivity index is 1.26. The minimum atomic E-state index is 0.128. The van der Waals surface area contributed by atoms with Gasteiger partial charge in [-0.05, 0) is 80.9 Å². The third-order valence-electron chi connectivity index (χ3n) is 6.39. The molecule has 3 nitrogen and oxygen atoms in total. The molecule has 0 unspecified atom stereocenters. The summed E-state index contributed by atoms with van der Waals surface area (Å²) in [5.41, 5.74) is 4.76. The molecule has 29 heavy (non-hydrogen) atoms. The third-order valence-corrected chi connectivity index (χ3v) is 7.74. The molecule has 150 valence electrons. The van der Waals surface area contributed by atoms with Crippen molar-refractivity contribution in [2.45, 2.75) is 55.2 Å². The van der Waals surface area contributed by atoms with Crippen LogP contribution in [-0.2, 0) is 19.4 Å². The molecule has 4 heteroatoms. The van der Waals surface area contributed by atoms with E-state index < -0.39 is 0 Å². The van der Waals surface area contributed by atoms with Gasteiger partial charge in [-0.25, -0.2) is 0 Å². The normalized spacial score (nSPS) is 18.1. The maximum Gasteiger partial charge on any atom is 0.251 e. The Kier molecular flexibility index (Phi) is 5.47. The Hall–Kier alpha value is -2.04. The number of nitrogens with one attached hydrogen (secondary N) is 1. The number of thioether (sulfide) groups is 1. The maximum atomic E-state index is 12.5. The number of rotatable bonds is 4. The number of fused-ring (bicyclic) bond motifs is 3. The van der Waals surface area contributed by atoms with E-state index in [0.29, 0.717) is 5.25 Å². The number of aryl methyl sites for hydroxylation is 1. The Labute approximate surface area is 176 Å². The van der Waals surface area contributed by atoms with Crippen molar-refractivity contribution in [2.75, 3.05) is 13.1 Å². The van der Waals surface area contributed by atoms with E-state index in [-0.39, 0.29) is 5.56 Å². The zero-order valence-electron chi connectivity index (χ0n) is 16.8. The topological polar surface area (TPSA) is 36.1 Å². The first-order valence-corrected chi connectivity index (χ1v) is 11.7. The van der Waals surface area contributed by atoms with E-state index in [2.05, 4.69) is 58.4 Å². The highest BCUT2D eigenvalue weighted by Gasteiger charge is 2.21. The minimum absolute atomic E-state index is 0.128. The number of pyridine rings is 1. The molecule has 0 spiro atoms. The number of aromatic nitrogens is 1. The van der Waals surface area contributed by atoms with Crippen LogP contribution in [0, 0.1) is 0 Å². The third kappa shape index (κ3) is 4.15. The van der Waals surface area contributed by atoms with Gasteiger partial charge in [0.1, 0.15) is 0 Å². The van der Waals surface area contributed by atoms with Crippen molar-refractivity contribution in [1.82, 2.24) is 9.88 Å². The number of likely N-dealkylation sites (tertiary alicyclic amines) is 1. The van der Waals surface area contributed by atoms with E-state index >= 15 is 0 Å². The van der Waals surface area contributed by atoms with Crippen LogP contribution in [0.15, 0.2) is 58.2 Å². The fourth-order valence-corrected chi connectivity index (χ4v) is 5.99. The second-order valence-electron chi connectivity index (χ2n) is 8.40. The van der Waals surface area contributed by atoms with Gasteiger partial charge in [-0.2, -0.15) is 0 Å². The molecule has 1 saturated heterocycles. The Bertz CT molecular complexity index is 1050. The van der Waals surface area contributed by atoms with Crippen LogP contribution in [0.25, 0.3) is 10.9 Å². The van der Waals surface area contributed by atoms with Gasteiger partial charge in [0, 0.05) is 33.2 Å². The minimum Gasteiger partial charge on any atom is -0.322 e. The van der Waals surface area contributed by atoms with Gasteiger partial charge in [0.2, 0.25) is 0 Å². The van der Waals surface area contributed by atoms with Crippen molar-refractivity contribution in [2.24, 2.45) is 0 Å². The molecule has 2 aromatic carbocycles. The van der Waals surface area contributed by atoms with E-state index in [1.165, 1.54) is 40.7 Å². The molecule has 1 N–H and O–H groups in total. The molecule has 1 fully saturated rings. The highest BCUT2D eigenvalue weighted by molar-refractivity contribution is 8.00. The van der Waals surface area contributed by atoms with Crippen molar-refractivity contribution in [3.05, 3.63) is 75.6 Å². The summed E-state index contributed by atoms with van der Waals surface area (Å²) in [6.45, 7) is 3.25. The van der Waals surface area contributed by atoms with Crippen LogP contribution in [0.3, 0.4) is 0 Å². The average molecular weight is 405 g/mol. The molecule has 0 bridgehead atoms. The number of hydrogen-bond donors (Lipinski definition) is 1. The lowest BCUT2D eigenvalue weighted by Crippen LogP contribution is -2.34. The Morgan fingerprint density at radius 1 is 0.966 bits per heavy atom. The molecular weight excluding hydrogens is 376 g/mol. The molecule has 5 rings (SSSR count). The average Bonchev–Trinajstić information content (AvgIpc) is 2.76. The van der Waals surface area contributed by atoms with Gasteiger partial charge >= 0.3 is 0 Å². The molecule has 3 aromatic rings. The molecule has 0 atom stereocenters. The van der Waals surface area contributed by atoms with Gasteiger partial charge in [0.05, 0.1) is 0 Å². The number of piperidine rings is 1. The smallest absolute Gasteiger partial charge is 0.251 e. The summed E-state index contributed by atoms with van der Waals surface area (Å²) >= 11 is 2.02. The van der Waals surface area contributed by atoms with Crippen LogP contribution in [0.5, 0.6) is 0 Å². The molecule has 1 aliphatic carbocycles. The summed E-state index contributed by atoms with van der Waals surface area (Å²) in [6, 6.07) is 17.5. The van der Waals surface area contributed by atoms with Crippen LogP contribution >= 0.6 is 11.8 Å². The first-order valence-electron chi connectivity index (χ1n) is 10.9. The molecule has 1 aliphatic heterocycles. The Morgan fingerprint density at radius 3 is 2.52 bits per heavy atom. The van der Waals surface area contributed by atoms with E-state index in [9.17, 15) is 4.79 Å². The summed E-state index contributed by atoms with van der Waals surface area (Å²) in [7, 11) is 0. The summed E-state index contributed by atoms with van der Waals surface area (Å²) < 4.78 is 0. The quantitative estimate of drug-likeness (QED) is 0.652. The van der Waals surface area contributed by atoms with Gasteiger partial charge in [-0.1, -0.05) is 30.3 Å². The lowest BCUT2D eigenvalue weighted by atomic mass is 9.89. The molecular formula is C25H28N2OS. The molecule has 0 radical (unpaired) electrons. The van der Waals surface area contributed by atoms with Crippen molar-refractivity contribution in [3.8, 4) is 0 Å². The zero-order valence-corrected chi connectivity index (χ0v) is 17.6. The van der Waals surface area contributed by atoms with Crippen molar-refractivity contribution in [3.63, 3.8) is 0 Å². The van der Waals surface area contributed by atoms with Crippen LogP contribution in [0.2, 0.25) is 0 Å². The van der Waals surface area contributed by atoms with Crippen molar-refractivity contribution >= 4 is 22.7 Å². The van der Waals surface area contributed by atoms with Crippen LogP contribution in [-0.4, -0.2) is 28.2 Å². The van der Waals surface area contributed by atoms with E-state index in [1.54, 1.807) is 0 Å². The second kappa shape index (κ2) is 8.37. The van der Waals surface area contributed by atoms with Gasteiger partial charge in [0.15, 0.2) is 0 Å². The van der Waals surface area contributed by atoms with E-state index in [0.717, 1.165) is 50.0 Å². The van der Waals surface area contributed by atoms with Gasteiger partial charge in [-0.15, -0.1) is 11.8 Å². The predicted octanol–water partition coefficient (Wildman–Crippen LogP) is 5.16. The molecule has 0 amide bonds. The summed E-state index contributed by atoms with van der Waals surface area (Å²) in [5, 5.41) is 1.97. The highest BCUT2D eigenvalue weighted by atomic mass is 32.2. The maximum absolute atomic E-state index is 12.5. The number of nitrogens with zero attached hydrogens (tertiary/aromatic N) is 1. The molecule has 0 saturated carbocycles. The number of aromatic amines is 1. The zero-order chi connectivity index (χ0) is 19.6. The standard InChI is InChI=1S/C25H28N2OS/c28-25-23-9-5-4-8-21(23)22-11-10-18(16-24(22)26-25)17-27-14-12-20(13-15-27)29-19-6-2-1-3-7-19/h1-3,6-7,10-11,16,20H,4-5,8-9,12-15,17H2,(H,26,28). The predicted molar refractivity (Wildman–Crippen MR) is 122 cm³/mol. The summed E-state index contributed by atoms with van der Waals surface area (Å²) in [6.07, 6.45) is 6.77. The monoisotopic (exact) mass is 404 g/mol. The van der Waals surface area contributed by atoms with Crippen molar-refractivity contribution in [1.29, 1.82) is 0 Å². The van der Waals surface area contributed by atoms with Gasteiger partial charge < -0.3 is 4.98 Å². The lowest BCUT2D eigenvalue weighted by Gasteiger charge is -2.31. The molecule has 2 aliphatic rings. The number of H-pyrrole nitrogens is 1. The van der Waals surface area contributed by atoms with Gasteiger partial charge in [0.25, 0.3) is 5.56 Å². The number of hydrogen-bond acceptors (Lipinski definition) is 3. The van der Waals surface area contributed by atoms with Crippen LogP contribution in [0.4, 0.5) is 0 Å². The second-order valence-corrected chi connectivity index (χ2v) is 9.78. The Morgan fingerprint density at radius 2 is 1.72 bits per heavy atom. The van der Waals surface area contributed by atoms with E-state index in [1.807, 2.05) is 11.8 Å². The highest BCUT2D eigenvalue weighted by Crippen LogP contribution is 2.31. The largest absolute Gasteiger partial charge is 0.322 e. The first kappa shape index (κ1) is 19.0. The fourth-order valence-electron chi connectivity index (χ4n) is 4.84. The SMILES string of the molecule is O=c1[nH]c2cc(CN3CCC(Sc4ccccc4)CC3)ccc2c2c1CCCC2. The fraction of sp³-hybridized carbons (Fsp3) is 0.400. The van der Waals surface area contributed by atoms with E-state index in [4.69, 9.17) is 0 Å². The first-order chi connectivity index (χ1) is 14.3. The number of benzene rings is 2. The van der Waals surface area contributed by atoms with Crippen LogP contribution in [0.1, 0.15) is 42.4 Å². The van der Waals surface area contributed by atoms with Crippen LogP contribution < -0.4 is 5.56 Å². The summed E-state index contributed by atoms with van der Waals surface area (Å²) in [4.78, 5) is 19.6. The van der Waals surface area contributed by atoms with Crippen molar-refractivity contribution < 1.29 is 0 Å².